The zero-order valence-electron chi connectivity index (χ0n) is 10.7. The van der Waals surface area contributed by atoms with Crippen LogP contribution in [0.5, 0.6) is 6.01 Å². The lowest BCUT2D eigenvalue weighted by molar-refractivity contribution is 0.222. The minimum atomic E-state index is 0.0150. The molecular formula is C10H19N5OS. The third kappa shape index (κ3) is 4.64. The molecule has 6 nitrogen and oxygen atoms in total. The van der Waals surface area contributed by atoms with Gasteiger partial charge in [0.2, 0.25) is 11.9 Å². The Labute approximate surface area is 106 Å². The van der Waals surface area contributed by atoms with Gasteiger partial charge >= 0.3 is 6.01 Å². The molecule has 1 heterocycles. The molecule has 2 N–H and O–H groups in total. The summed E-state index contributed by atoms with van der Waals surface area (Å²) in [6.45, 7) is 4.68. The topological polar surface area (TPSA) is 77.2 Å². The molecule has 0 aliphatic carbocycles. The summed E-state index contributed by atoms with van der Waals surface area (Å²) in [7, 11) is 1.92. The smallest absolute Gasteiger partial charge is 0.323 e. The van der Waals surface area contributed by atoms with Gasteiger partial charge in [-0.1, -0.05) is 0 Å². The molecule has 0 aliphatic rings. The zero-order chi connectivity index (χ0) is 12.8. The van der Waals surface area contributed by atoms with Crippen LogP contribution in [0.25, 0.3) is 0 Å². The lowest BCUT2D eigenvalue weighted by atomic mass is 10.5. The van der Waals surface area contributed by atoms with E-state index >= 15 is 0 Å². The Morgan fingerprint density at radius 3 is 2.65 bits per heavy atom. The molecule has 0 spiro atoms. The summed E-state index contributed by atoms with van der Waals surface area (Å²) >= 11 is 1.77. The first kappa shape index (κ1) is 13.8. The van der Waals surface area contributed by atoms with E-state index in [-0.39, 0.29) is 18.1 Å². The third-order valence-electron chi connectivity index (χ3n) is 1.93. The molecule has 96 valence electrons. The summed E-state index contributed by atoms with van der Waals surface area (Å²) in [6, 6.07) is 0.276. The van der Waals surface area contributed by atoms with Gasteiger partial charge in [0.15, 0.2) is 0 Å². The van der Waals surface area contributed by atoms with E-state index in [1.54, 1.807) is 11.8 Å². The van der Waals surface area contributed by atoms with Gasteiger partial charge in [0.05, 0.1) is 6.10 Å². The van der Waals surface area contributed by atoms with Crippen LogP contribution < -0.4 is 15.4 Å². The number of nitrogen functional groups attached to an aromatic ring is 1. The quantitative estimate of drug-likeness (QED) is 0.815. The minimum absolute atomic E-state index is 0.0150. The van der Waals surface area contributed by atoms with Crippen molar-refractivity contribution in [1.29, 1.82) is 0 Å². The Hall–Kier alpha value is -1.24. The van der Waals surface area contributed by atoms with Crippen molar-refractivity contribution in [3.63, 3.8) is 0 Å². The highest BCUT2D eigenvalue weighted by Crippen LogP contribution is 2.13. The number of ether oxygens (including phenoxy) is 1. The van der Waals surface area contributed by atoms with Gasteiger partial charge in [-0.3, -0.25) is 0 Å². The number of hydrogen-bond donors (Lipinski definition) is 1. The summed E-state index contributed by atoms with van der Waals surface area (Å²) in [5.74, 6) is 1.73. The first-order chi connectivity index (χ1) is 8.02. The van der Waals surface area contributed by atoms with Crippen LogP contribution >= 0.6 is 11.8 Å². The summed E-state index contributed by atoms with van der Waals surface area (Å²) in [5.41, 5.74) is 5.63. The number of nitrogens with zero attached hydrogens (tertiary/aromatic N) is 4. The van der Waals surface area contributed by atoms with Crippen molar-refractivity contribution in [3.05, 3.63) is 0 Å². The lowest BCUT2D eigenvalue weighted by Gasteiger charge is -2.17. The van der Waals surface area contributed by atoms with Gasteiger partial charge in [0.1, 0.15) is 0 Å². The van der Waals surface area contributed by atoms with Crippen molar-refractivity contribution < 1.29 is 4.74 Å². The maximum atomic E-state index is 5.63. The van der Waals surface area contributed by atoms with E-state index in [1.165, 1.54) is 0 Å². The molecule has 0 unspecified atom stereocenters. The Morgan fingerprint density at radius 2 is 2.06 bits per heavy atom. The van der Waals surface area contributed by atoms with E-state index in [4.69, 9.17) is 10.5 Å². The first-order valence-corrected chi connectivity index (χ1v) is 6.80. The van der Waals surface area contributed by atoms with Crippen LogP contribution in [0.3, 0.4) is 0 Å². The number of nitrogens with two attached hydrogens (primary N) is 1. The molecule has 0 radical (unpaired) electrons. The fraction of sp³-hybridized carbons (Fsp3) is 0.700. The molecule has 0 saturated carbocycles. The SMILES string of the molecule is CSCCN(C)c1nc(N)nc(OC(C)C)n1. The number of hydrogen-bond acceptors (Lipinski definition) is 7. The summed E-state index contributed by atoms with van der Waals surface area (Å²) in [4.78, 5) is 14.2. The molecule has 0 aliphatic heterocycles. The molecule has 7 heteroatoms. The highest BCUT2D eigenvalue weighted by Gasteiger charge is 2.10. The van der Waals surface area contributed by atoms with Gasteiger partial charge in [0.25, 0.3) is 0 Å². The van der Waals surface area contributed by atoms with Crippen LogP contribution in [0.15, 0.2) is 0 Å². The average Bonchev–Trinajstić information content (AvgIpc) is 2.24. The van der Waals surface area contributed by atoms with E-state index < -0.39 is 0 Å². The Morgan fingerprint density at radius 1 is 1.35 bits per heavy atom. The van der Waals surface area contributed by atoms with E-state index in [2.05, 4.69) is 21.2 Å². The Kier molecular flexibility index (Phi) is 5.27. The van der Waals surface area contributed by atoms with Crippen molar-refractivity contribution in [1.82, 2.24) is 15.0 Å². The highest BCUT2D eigenvalue weighted by atomic mass is 32.2. The Balaban J connectivity index is 2.81. The van der Waals surface area contributed by atoms with Gasteiger partial charge in [-0.2, -0.15) is 26.7 Å². The van der Waals surface area contributed by atoms with Crippen LogP contribution in [-0.2, 0) is 0 Å². The molecule has 0 aromatic carbocycles. The van der Waals surface area contributed by atoms with E-state index in [0.29, 0.717) is 5.95 Å². The van der Waals surface area contributed by atoms with Crippen molar-refractivity contribution in [3.8, 4) is 6.01 Å². The van der Waals surface area contributed by atoms with Crippen molar-refractivity contribution >= 4 is 23.7 Å². The monoisotopic (exact) mass is 257 g/mol. The summed E-state index contributed by atoms with van der Waals surface area (Å²) in [5, 5.41) is 0. The van der Waals surface area contributed by atoms with Gasteiger partial charge < -0.3 is 15.4 Å². The summed E-state index contributed by atoms with van der Waals surface area (Å²) in [6.07, 6.45) is 2.07. The maximum absolute atomic E-state index is 5.63. The zero-order valence-corrected chi connectivity index (χ0v) is 11.5. The third-order valence-corrected chi connectivity index (χ3v) is 2.52. The van der Waals surface area contributed by atoms with Crippen LogP contribution in [0, 0.1) is 0 Å². The minimum Gasteiger partial charge on any atom is -0.461 e. The second-order valence-corrected chi connectivity index (χ2v) is 4.84. The first-order valence-electron chi connectivity index (χ1n) is 5.41. The standard InChI is InChI=1S/C10H19N5OS/c1-7(2)16-10-13-8(11)12-9(14-10)15(3)5-6-17-4/h7H,5-6H2,1-4H3,(H2,11,12,13,14). The molecule has 0 atom stereocenters. The number of rotatable bonds is 6. The number of anilines is 2. The maximum Gasteiger partial charge on any atom is 0.323 e. The Bertz CT molecular complexity index is 361. The van der Waals surface area contributed by atoms with Gasteiger partial charge in [-0.15, -0.1) is 0 Å². The van der Waals surface area contributed by atoms with Gasteiger partial charge in [0, 0.05) is 19.3 Å². The van der Waals surface area contributed by atoms with Crippen molar-refractivity contribution in [2.45, 2.75) is 20.0 Å². The predicted molar refractivity (Wildman–Crippen MR) is 71.7 cm³/mol. The largest absolute Gasteiger partial charge is 0.461 e. The molecule has 1 rings (SSSR count). The molecular weight excluding hydrogens is 238 g/mol. The molecule has 0 saturated heterocycles. The number of aromatic nitrogens is 3. The van der Waals surface area contributed by atoms with Crippen LogP contribution in [0.1, 0.15) is 13.8 Å². The lowest BCUT2D eigenvalue weighted by Crippen LogP contribution is -2.24. The second kappa shape index (κ2) is 6.48. The molecule has 17 heavy (non-hydrogen) atoms. The van der Waals surface area contributed by atoms with Crippen LogP contribution in [0.2, 0.25) is 0 Å². The summed E-state index contributed by atoms with van der Waals surface area (Å²) < 4.78 is 5.42. The van der Waals surface area contributed by atoms with Gasteiger partial charge in [-0.05, 0) is 20.1 Å². The highest BCUT2D eigenvalue weighted by molar-refractivity contribution is 7.98. The fourth-order valence-corrected chi connectivity index (χ4v) is 1.58. The van der Waals surface area contributed by atoms with E-state index in [1.807, 2.05) is 25.8 Å². The number of thioether (sulfide) groups is 1. The normalized spacial score (nSPS) is 10.6. The molecule has 1 aromatic heterocycles. The van der Waals surface area contributed by atoms with Crippen molar-refractivity contribution in [2.75, 3.05) is 36.2 Å². The second-order valence-electron chi connectivity index (χ2n) is 3.86. The molecule has 0 amide bonds. The van der Waals surface area contributed by atoms with Crippen LogP contribution in [-0.4, -0.2) is 46.7 Å². The average molecular weight is 257 g/mol. The molecule has 1 aromatic rings. The van der Waals surface area contributed by atoms with E-state index in [0.717, 1.165) is 12.3 Å². The van der Waals surface area contributed by atoms with Crippen molar-refractivity contribution in [2.24, 2.45) is 0 Å². The van der Waals surface area contributed by atoms with Crippen LogP contribution in [0.4, 0.5) is 11.9 Å². The molecule has 0 bridgehead atoms. The predicted octanol–water partition coefficient (Wildman–Crippen LogP) is 1.04. The van der Waals surface area contributed by atoms with E-state index in [9.17, 15) is 0 Å². The molecule has 0 fully saturated rings. The fourth-order valence-electron chi connectivity index (χ4n) is 1.12. The van der Waals surface area contributed by atoms with Gasteiger partial charge in [-0.25, -0.2) is 0 Å².